The van der Waals surface area contributed by atoms with E-state index in [1.807, 2.05) is 13.1 Å². The Morgan fingerprint density at radius 1 is 1.20 bits per heavy atom. The van der Waals surface area contributed by atoms with Crippen LogP contribution in [0.3, 0.4) is 0 Å². The van der Waals surface area contributed by atoms with Crippen molar-refractivity contribution in [1.29, 1.82) is 0 Å². The molecule has 2 heteroatoms. The minimum Gasteiger partial charge on any atom is -0.383 e. The van der Waals surface area contributed by atoms with E-state index in [0.717, 1.165) is 6.54 Å². The summed E-state index contributed by atoms with van der Waals surface area (Å²) in [5, 5.41) is 6.81. The van der Waals surface area contributed by atoms with E-state index >= 15 is 0 Å². The molecule has 0 aliphatic carbocycles. The third-order valence-corrected chi connectivity index (χ3v) is 3.00. The molecule has 15 heavy (non-hydrogen) atoms. The SMILES string of the molecule is CC[C@H](C)[C@@H](CNc1ccccc1)NC. The number of para-hydroxylation sites is 1. The Morgan fingerprint density at radius 3 is 2.40 bits per heavy atom. The second kappa shape index (κ2) is 6.46. The second-order valence-electron chi connectivity index (χ2n) is 4.03. The van der Waals surface area contributed by atoms with Gasteiger partial charge in [-0.15, -0.1) is 0 Å². The average Bonchev–Trinajstić information content (AvgIpc) is 2.31. The van der Waals surface area contributed by atoms with Crippen LogP contribution in [0.2, 0.25) is 0 Å². The Morgan fingerprint density at radius 2 is 1.87 bits per heavy atom. The topological polar surface area (TPSA) is 24.1 Å². The predicted molar refractivity (Wildman–Crippen MR) is 67.2 cm³/mol. The molecule has 0 amide bonds. The van der Waals surface area contributed by atoms with Crippen molar-refractivity contribution < 1.29 is 0 Å². The Hall–Kier alpha value is -1.02. The smallest absolute Gasteiger partial charge is 0.0340 e. The fraction of sp³-hybridized carbons (Fsp3) is 0.538. The van der Waals surface area contributed by atoms with Crippen LogP contribution in [0.4, 0.5) is 5.69 Å². The molecule has 0 bridgehead atoms. The van der Waals surface area contributed by atoms with Crippen LogP contribution >= 0.6 is 0 Å². The van der Waals surface area contributed by atoms with E-state index in [1.54, 1.807) is 0 Å². The first-order chi connectivity index (χ1) is 7.27. The van der Waals surface area contributed by atoms with Crippen LogP contribution in [0.15, 0.2) is 30.3 Å². The number of hydrogen-bond donors (Lipinski definition) is 2. The van der Waals surface area contributed by atoms with Gasteiger partial charge < -0.3 is 10.6 Å². The maximum absolute atomic E-state index is 3.45. The second-order valence-corrected chi connectivity index (χ2v) is 4.03. The standard InChI is InChI=1S/C13H22N2/c1-4-11(2)13(14-3)10-15-12-8-6-5-7-9-12/h5-9,11,13-15H,4,10H2,1-3H3/t11-,13+/m0/s1. The normalized spacial score (nSPS) is 14.6. The summed E-state index contributed by atoms with van der Waals surface area (Å²) in [6, 6.07) is 10.9. The highest BCUT2D eigenvalue weighted by Gasteiger charge is 2.12. The van der Waals surface area contributed by atoms with E-state index in [0.29, 0.717) is 12.0 Å². The number of benzene rings is 1. The molecule has 1 rings (SSSR count). The van der Waals surface area contributed by atoms with Crippen molar-refractivity contribution in [2.45, 2.75) is 26.3 Å². The van der Waals surface area contributed by atoms with Gasteiger partial charge in [0.15, 0.2) is 0 Å². The highest BCUT2D eigenvalue weighted by Crippen LogP contribution is 2.10. The highest BCUT2D eigenvalue weighted by atomic mass is 15.0. The molecule has 2 N–H and O–H groups in total. The first kappa shape index (κ1) is 12.1. The van der Waals surface area contributed by atoms with Crippen molar-refractivity contribution in [2.24, 2.45) is 5.92 Å². The summed E-state index contributed by atoms with van der Waals surface area (Å²) in [5.74, 6) is 0.700. The summed E-state index contributed by atoms with van der Waals surface area (Å²) in [6.07, 6.45) is 1.21. The third-order valence-electron chi connectivity index (χ3n) is 3.00. The van der Waals surface area contributed by atoms with Crippen LogP contribution in [0.5, 0.6) is 0 Å². The van der Waals surface area contributed by atoms with Crippen molar-refractivity contribution in [3.05, 3.63) is 30.3 Å². The molecule has 0 unspecified atom stereocenters. The number of anilines is 1. The van der Waals surface area contributed by atoms with Gasteiger partial charge in [-0.05, 0) is 25.1 Å². The number of rotatable bonds is 6. The summed E-state index contributed by atoms with van der Waals surface area (Å²) in [5.41, 5.74) is 1.20. The van der Waals surface area contributed by atoms with Gasteiger partial charge in [0, 0.05) is 18.3 Å². The number of hydrogen-bond acceptors (Lipinski definition) is 2. The molecule has 0 saturated heterocycles. The summed E-state index contributed by atoms with van der Waals surface area (Å²) < 4.78 is 0. The lowest BCUT2D eigenvalue weighted by Crippen LogP contribution is -2.38. The molecule has 0 fully saturated rings. The fourth-order valence-electron chi connectivity index (χ4n) is 1.66. The molecule has 2 nitrogen and oxygen atoms in total. The van der Waals surface area contributed by atoms with Crippen molar-refractivity contribution in [2.75, 3.05) is 18.9 Å². The van der Waals surface area contributed by atoms with Gasteiger partial charge in [-0.3, -0.25) is 0 Å². The largest absolute Gasteiger partial charge is 0.383 e. The average molecular weight is 206 g/mol. The van der Waals surface area contributed by atoms with Crippen molar-refractivity contribution >= 4 is 5.69 Å². The monoisotopic (exact) mass is 206 g/mol. The molecule has 1 aromatic rings. The van der Waals surface area contributed by atoms with Crippen LogP contribution in [-0.4, -0.2) is 19.6 Å². The predicted octanol–water partition coefficient (Wildman–Crippen LogP) is 2.73. The Kier molecular flexibility index (Phi) is 5.19. The van der Waals surface area contributed by atoms with Crippen molar-refractivity contribution in [3.63, 3.8) is 0 Å². The lowest BCUT2D eigenvalue weighted by atomic mass is 9.99. The van der Waals surface area contributed by atoms with Gasteiger partial charge in [-0.2, -0.15) is 0 Å². The van der Waals surface area contributed by atoms with Crippen LogP contribution in [0, 0.1) is 5.92 Å². The van der Waals surface area contributed by atoms with E-state index in [2.05, 4.69) is 48.7 Å². The summed E-state index contributed by atoms with van der Waals surface area (Å²) in [7, 11) is 2.03. The minimum atomic E-state index is 0.537. The maximum atomic E-state index is 3.45. The van der Waals surface area contributed by atoms with Gasteiger partial charge in [0.1, 0.15) is 0 Å². The molecule has 0 aliphatic heterocycles. The fourth-order valence-corrected chi connectivity index (χ4v) is 1.66. The Labute approximate surface area is 93.1 Å². The van der Waals surface area contributed by atoms with Crippen LogP contribution in [0.25, 0.3) is 0 Å². The van der Waals surface area contributed by atoms with E-state index in [4.69, 9.17) is 0 Å². The maximum Gasteiger partial charge on any atom is 0.0340 e. The van der Waals surface area contributed by atoms with Crippen LogP contribution in [0.1, 0.15) is 20.3 Å². The van der Waals surface area contributed by atoms with Crippen LogP contribution < -0.4 is 10.6 Å². The van der Waals surface area contributed by atoms with Crippen molar-refractivity contribution in [3.8, 4) is 0 Å². The van der Waals surface area contributed by atoms with Gasteiger partial charge in [-0.25, -0.2) is 0 Å². The van der Waals surface area contributed by atoms with E-state index in [9.17, 15) is 0 Å². The zero-order valence-corrected chi connectivity index (χ0v) is 9.96. The van der Waals surface area contributed by atoms with Gasteiger partial charge in [0.05, 0.1) is 0 Å². The number of likely N-dealkylation sites (N-methyl/N-ethyl adjacent to an activating group) is 1. The highest BCUT2D eigenvalue weighted by molar-refractivity contribution is 5.42. The van der Waals surface area contributed by atoms with Gasteiger partial charge in [0.25, 0.3) is 0 Å². The van der Waals surface area contributed by atoms with E-state index in [1.165, 1.54) is 12.1 Å². The molecule has 2 atom stereocenters. The van der Waals surface area contributed by atoms with Crippen LogP contribution in [-0.2, 0) is 0 Å². The zero-order valence-electron chi connectivity index (χ0n) is 9.96. The lowest BCUT2D eigenvalue weighted by molar-refractivity contribution is 0.403. The molecule has 0 aliphatic rings. The van der Waals surface area contributed by atoms with Crippen molar-refractivity contribution in [1.82, 2.24) is 5.32 Å². The molecule has 0 spiro atoms. The molecule has 84 valence electrons. The summed E-state index contributed by atoms with van der Waals surface area (Å²) >= 11 is 0. The molecule has 1 aromatic carbocycles. The zero-order chi connectivity index (χ0) is 11.1. The third kappa shape index (κ3) is 3.92. The minimum absolute atomic E-state index is 0.537. The molecular weight excluding hydrogens is 184 g/mol. The van der Waals surface area contributed by atoms with Gasteiger partial charge in [0.2, 0.25) is 0 Å². The Bertz CT molecular complexity index is 258. The number of nitrogens with one attached hydrogen (secondary N) is 2. The summed E-state index contributed by atoms with van der Waals surface area (Å²) in [4.78, 5) is 0. The van der Waals surface area contributed by atoms with Gasteiger partial charge in [-0.1, -0.05) is 38.5 Å². The molecule has 0 radical (unpaired) electrons. The quantitative estimate of drug-likeness (QED) is 0.748. The van der Waals surface area contributed by atoms with E-state index < -0.39 is 0 Å². The first-order valence-corrected chi connectivity index (χ1v) is 5.74. The molecule has 0 aromatic heterocycles. The van der Waals surface area contributed by atoms with Gasteiger partial charge >= 0.3 is 0 Å². The summed E-state index contributed by atoms with van der Waals surface area (Å²) in [6.45, 7) is 5.50. The Balaban J connectivity index is 2.41. The molecular formula is C13H22N2. The first-order valence-electron chi connectivity index (χ1n) is 5.74. The molecule has 0 heterocycles. The lowest BCUT2D eigenvalue weighted by Gasteiger charge is -2.23. The van der Waals surface area contributed by atoms with E-state index in [-0.39, 0.29) is 0 Å². The molecule has 0 saturated carbocycles.